The Morgan fingerprint density at radius 3 is 2.57 bits per heavy atom. The number of hydrogen-bond donors (Lipinski definition) is 2. The molecule has 0 atom stereocenters. The molecule has 1 aliphatic heterocycles. The fraction of sp³-hybridized carbons (Fsp3) is 0.261. The molecule has 0 radical (unpaired) electrons. The lowest BCUT2D eigenvalue weighted by Crippen LogP contribution is -2.16. The highest BCUT2D eigenvalue weighted by Gasteiger charge is 2.24. The van der Waals surface area contributed by atoms with E-state index in [1.807, 2.05) is 30.3 Å². The standard InChI is InChI=1S/C23H23ClN4O2/c1-15(29)25-17-11-12-19(18(24)14-17)26-23(30)21-20-10-6-3-7-13-28(20)22(27-21)16-8-4-2-5-9-16/h2,4-5,8-9,11-12,14H,3,6-7,10,13H2,1H3,(H,25,29)(H,26,30). The monoisotopic (exact) mass is 422 g/mol. The van der Waals surface area contributed by atoms with Crippen molar-refractivity contribution in [1.29, 1.82) is 0 Å². The van der Waals surface area contributed by atoms with Crippen LogP contribution in [-0.2, 0) is 17.8 Å². The van der Waals surface area contributed by atoms with Gasteiger partial charge in [0.25, 0.3) is 5.91 Å². The summed E-state index contributed by atoms with van der Waals surface area (Å²) in [6.45, 7) is 2.28. The second kappa shape index (κ2) is 8.71. The number of halogens is 1. The quantitative estimate of drug-likeness (QED) is 0.611. The minimum absolute atomic E-state index is 0.183. The predicted molar refractivity (Wildman–Crippen MR) is 119 cm³/mol. The fourth-order valence-corrected chi connectivity index (χ4v) is 4.02. The highest BCUT2D eigenvalue weighted by atomic mass is 35.5. The third-order valence-electron chi connectivity index (χ3n) is 5.15. The number of imidazole rings is 1. The number of anilines is 2. The summed E-state index contributed by atoms with van der Waals surface area (Å²) in [4.78, 5) is 29.1. The lowest BCUT2D eigenvalue weighted by molar-refractivity contribution is -0.114. The Balaban J connectivity index is 1.66. The number of nitrogens with one attached hydrogen (secondary N) is 2. The van der Waals surface area contributed by atoms with E-state index in [1.54, 1.807) is 18.2 Å². The molecule has 0 fully saturated rings. The minimum atomic E-state index is -0.281. The molecule has 0 spiro atoms. The number of benzene rings is 2. The molecule has 2 amide bonds. The van der Waals surface area contributed by atoms with Gasteiger partial charge in [-0.3, -0.25) is 9.59 Å². The van der Waals surface area contributed by atoms with Gasteiger partial charge in [-0.15, -0.1) is 0 Å². The van der Waals surface area contributed by atoms with Crippen molar-refractivity contribution in [3.63, 3.8) is 0 Å². The van der Waals surface area contributed by atoms with Crippen molar-refractivity contribution in [2.75, 3.05) is 10.6 Å². The third kappa shape index (κ3) is 4.24. The summed E-state index contributed by atoms with van der Waals surface area (Å²) in [5.74, 6) is 0.360. The Hall–Kier alpha value is -3.12. The molecule has 7 heteroatoms. The van der Waals surface area contributed by atoms with E-state index in [1.165, 1.54) is 6.92 Å². The molecule has 3 aromatic rings. The van der Waals surface area contributed by atoms with Crippen molar-refractivity contribution >= 4 is 34.8 Å². The van der Waals surface area contributed by atoms with Gasteiger partial charge in [0.05, 0.1) is 16.4 Å². The van der Waals surface area contributed by atoms with Crippen LogP contribution in [0, 0.1) is 0 Å². The predicted octanol–water partition coefficient (Wildman–Crippen LogP) is 5.14. The summed E-state index contributed by atoms with van der Waals surface area (Å²) >= 11 is 6.32. The first-order chi connectivity index (χ1) is 14.5. The van der Waals surface area contributed by atoms with Crippen LogP contribution in [0.15, 0.2) is 48.5 Å². The van der Waals surface area contributed by atoms with Crippen LogP contribution in [0.2, 0.25) is 5.02 Å². The second-order valence-corrected chi connectivity index (χ2v) is 7.80. The van der Waals surface area contributed by atoms with Crippen LogP contribution in [-0.4, -0.2) is 21.4 Å². The lowest BCUT2D eigenvalue weighted by Gasteiger charge is -2.10. The molecule has 30 heavy (non-hydrogen) atoms. The number of amides is 2. The van der Waals surface area contributed by atoms with Gasteiger partial charge in [0, 0.05) is 24.7 Å². The van der Waals surface area contributed by atoms with Gasteiger partial charge in [-0.05, 0) is 37.5 Å². The van der Waals surface area contributed by atoms with Crippen LogP contribution in [0.1, 0.15) is 42.4 Å². The molecule has 0 bridgehead atoms. The fourth-order valence-electron chi connectivity index (χ4n) is 3.79. The van der Waals surface area contributed by atoms with Crippen molar-refractivity contribution in [2.24, 2.45) is 0 Å². The molecule has 1 aromatic heterocycles. The van der Waals surface area contributed by atoms with Gasteiger partial charge in [0.2, 0.25) is 5.91 Å². The topological polar surface area (TPSA) is 76.0 Å². The molecular weight excluding hydrogens is 400 g/mol. The number of hydrogen-bond acceptors (Lipinski definition) is 3. The van der Waals surface area contributed by atoms with Crippen LogP contribution in [0.25, 0.3) is 11.4 Å². The molecule has 6 nitrogen and oxygen atoms in total. The van der Waals surface area contributed by atoms with Crippen LogP contribution < -0.4 is 10.6 Å². The Bertz CT molecular complexity index is 1090. The molecule has 0 saturated heterocycles. The summed E-state index contributed by atoms with van der Waals surface area (Å²) in [6, 6.07) is 14.9. The molecule has 0 unspecified atom stereocenters. The van der Waals surface area contributed by atoms with Crippen molar-refractivity contribution in [3.8, 4) is 11.4 Å². The van der Waals surface area contributed by atoms with E-state index in [0.717, 1.165) is 49.3 Å². The molecule has 0 saturated carbocycles. The summed E-state index contributed by atoms with van der Waals surface area (Å²) < 4.78 is 2.18. The van der Waals surface area contributed by atoms with E-state index >= 15 is 0 Å². The summed E-state index contributed by atoms with van der Waals surface area (Å²) in [7, 11) is 0. The zero-order valence-electron chi connectivity index (χ0n) is 16.7. The number of fused-ring (bicyclic) bond motifs is 1. The SMILES string of the molecule is CC(=O)Nc1ccc(NC(=O)c2nc(-c3ccccc3)n3c2CCCCC3)c(Cl)c1. The normalized spacial score (nSPS) is 13.3. The van der Waals surface area contributed by atoms with Crippen LogP contribution in [0.4, 0.5) is 11.4 Å². The highest BCUT2D eigenvalue weighted by molar-refractivity contribution is 6.34. The molecule has 2 N–H and O–H groups in total. The molecule has 1 aliphatic rings. The van der Waals surface area contributed by atoms with Crippen molar-refractivity contribution in [2.45, 2.75) is 39.2 Å². The van der Waals surface area contributed by atoms with E-state index in [0.29, 0.717) is 22.1 Å². The molecule has 2 aromatic carbocycles. The Morgan fingerprint density at radius 1 is 1.03 bits per heavy atom. The average molecular weight is 423 g/mol. The lowest BCUT2D eigenvalue weighted by atomic mass is 10.1. The maximum Gasteiger partial charge on any atom is 0.276 e. The van der Waals surface area contributed by atoms with E-state index in [4.69, 9.17) is 16.6 Å². The van der Waals surface area contributed by atoms with Crippen molar-refractivity contribution < 1.29 is 9.59 Å². The zero-order chi connectivity index (χ0) is 21.1. The maximum atomic E-state index is 13.1. The van der Waals surface area contributed by atoms with E-state index in [9.17, 15) is 9.59 Å². The first kappa shape index (κ1) is 20.2. The number of carbonyl (C=O) groups excluding carboxylic acids is 2. The Kier molecular flexibility index (Phi) is 5.86. The maximum absolute atomic E-state index is 13.1. The van der Waals surface area contributed by atoms with E-state index < -0.39 is 0 Å². The summed E-state index contributed by atoms with van der Waals surface area (Å²) in [5.41, 5.74) is 3.46. The second-order valence-electron chi connectivity index (χ2n) is 7.39. The third-order valence-corrected chi connectivity index (χ3v) is 5.47. The van der Waals surface area contributed by atoms with Gasteiger partial charge in [0.15, 0.2) is 0 Å². The highest BCUT2D eigenvalue weighted by Crippen LogP contribution is 2.29. The molecule has 154 valence electrons. The number of aromatic nitrogens is 2. The van der Waals surface area contributed by atoms with Crippen LogP contribution in [0.3, 0.4) is 0 Å². The first-order valence-electron chi connectivity index (χ1n) is 10.1. The van der Waals surface area contributed by atoms with Crippen molar-refractivity contribution in [1.82, 2.24) is 9.55 Å². The number of rotatable bonds is 4. The Labute approximate surface area is 180 Å². The Morgan fingerprint density at radius 2 is 1.83 bits per heavy atom. The van der Waals surface area contributed by atoms with Crippen molar-refractivity contribution in [3.05, 3.63) is 64.9 Å². The van der Waals surface area contributed by atoms with Crippen LogP contribution >= 0.6 is 11.6 Å². The van der Waals surface area contributed by atoms with Gasteiger partial charge < -0.3 is 15.2 Å². The van der Waals surface area contributed by atoms with Gasteiger partial charge in [-0.2, -0.15) is 0 Å². The van der Waals surface area contributed by atoms with Gasteiger partial charge in [-0.1, -0.05) is 48.4 Å². The molecular formula is C23H23ClN4O2. The van der Waals surface area contributed by atoms with E-state index in [-0.39, 0.29) is 11.8 Å². The van der Waals surface area contributed by atoms with Gasteiger partial charge >= 0.3 is 0 Å². The molecule has 0 aliphatic carbocycles. The summed E-state index contributed by atoms with van der Waals surface area (Å²) in [5, 5.41) is 5.91. The summed E-state index contributed by atoms with van der Waals surface area (Å²) in [6.07, 6.45) is 4.05. The number of nitrogens with zero attached hydrogens (tertiary/aromatic N) is 2. The molecule has 4 rings (SSSR count). The zero-order valence-corrected chi connectivity index (χ0v) is 17.5. The number of carbonyl (C=O) groups is 2. The average Bonchev–Trinajstić information content (AvgIpc) is 2.91. The van der Waals surface area contributed by atoms with Gasteiger partial charge in [0.1, 0.15) is 11.5 Å². The minimum Gasteiger partial charge on any atom is -0.327 e. The van der Waals surface area contributed by atoms with E-state index in [2.05, 4.69) is 15.2 Å². The molecule has 2 heterocycles. The van der Waals surface area contributed by atoms with Crippen LogP contribution in [0.5, 0.6) is 0 Å². The largest absolute Gasteiger partial charge is 0.327 e. The van der Waals surface area contributed by atoms with Gasteiger partial charge in [-0.25, -0.2) is 4.98 Å². The smallest absolute Gasteiger partial charge is 0.276 e. The first-order valence-corrected chi connectivity index (χ1v) is 10.4.